The molecule has 0 fully saturated rings. The molecule has 0 aliphatic rings. The summed E-state index contributed by atoms with van der Waals surface area (Å²) in [7, 11) is 1.52. The molecule has 1 rings (SSSR count). The number of rotatable bonds is 2. The Hall–Kier alpha value is -1.03. The maximum atomic E-state index is 10.7. The summed E-state index contributed by atoms with van der Waals surface area (Å²) >= 11 is 3.27. The number of ether oxygens (including phenoxy) is 2. The molecule has 0 unspecified atom stereocenters. The lowest BCUT2D eigenvalue weighted by atomic mass is 10.3. The second-order valence-electron chi connectivity index (χ2n) is 2.39. The van der Waals surface area contributed by atoms with E-state index >= 15 is 0 Å². The van der Waals surface area contributed by atoms with E-state index in [1.165, 1.54) is 14.0 Å². The molecule has 1 aromatic rings. The van der Waals surface area contributed by atoms with Crippen LogP contribution >= 0.6 is 15.9 Å². The van der Waals surface area contributed by atoms with Crippen molar-refractivity contribution in [1.82, 2.24) is 0 Å². The van der Waals surface area contributed by atoms with Crippen molar-refractivity contribution in [3.8, 4) is 11.5 Å². The molecular weight excluding hydrogens is 236 g/mol. The van der Waals surface area contributed by atoms with Gasteiger partial charge in [-0.25, -0.2) is 0 Å². The molecule has 4 heteroatoms. The van der Waals surface area contributed by atoms with Gasteiger partial charge in [0.15, 0.2) is 11.5 Å². The highest BCUT2D eigenvalue weighted by molar-refractivity contribution is 9.10. The molecule has 0 atom stereocenters. The predicted octanol–water partition coefficient (Wildman–Crippen LogP) is 2.38. The molecule has 3 nitrogen and oxygen atoms in total. The van der Waals surface area contributed by atoms with E-state index in [0.29, 0.717) is 11.5 Å². The van der Waals surface area contributed by atoms with E-state index in [9.17, 15) is 4.79 Å². The Bertz CT molecular complexity index is 323. The van der Waals surface area contributed by atoms with Gasteiger partial charge in [0, 0.05) is 11.4 Å². The van der Waals surface area contributed by atoms with E-state index in [1.54, 1.807) is 12.1 Å². The SMILES string of the molecule is COc1ccc(Br)cc1OC(C)=O. The molecule has 0 saturated carbocycles. The van der Waals surface area contributed by atoms with E-state index in [-0.39, 0.29) is 5.97 Å². The van der Waals surface area contributed by atoms with Gasteiger partial charge in [-0.05, 0) is 18.2 Å². The lowest BCUT2D eigenvalue weighted by Gasteiger charge is -2.07. The molecule has 0 heterocycles. The summed E-state index contributed by atoms with van der Waals surface area (Å²) in [6.45, 7) is 1.35. The van der Waals surface area contributed by atoms with Crippen molar-refractivity contribution in [2.75, 3.05) is 7.11 Å². The fourth-order valence-electron chi connectivity index (χ4n) is 0.885. The Labute approximate surface area is 84.8 Å². The molecule has 70 valence electrons. The molecule has 0 aliphatic heterocycles. The molecule has 0 N–H and O–H groups in total. The monoisotopic (exact) mass is 244 g/mol. The number of methoxy groups -OCH3 is 1. The highest BCUT2D eigenvalue weighted by Crippen LogP contribution is 2.30. The summed E-state index contributed by atoms with van der Waals surface area (Å²) in [5, 5.41) is 0. The highest BCUT2D eigenvalue weighted by Gasteiger charge is 2.06. The van der Waals surface area contributed by atoms with Gasteiger partial charge < -0.3 is 9.47 Å². The molecular formula is C9H9BrO3. The van der Waals surface area contributed by atoms with Crippen LogP contribution in [0.25, 0.3) is 0 Å². The molecule has 0 bridgehead atoms. The zero-order valence-corrected chi connectivity index (χ0v) is 8.92. The minimum absolute atomic E-state index is 0.364. The molecule has 1 aromatic carbocycles. The van der Waals surface area contributed by atoms with Gasteiger partial charge in [-0.15, -0.1) is 0 Å². The van der Waals surface area contributed by atoms with Gasteiger partial charge in [-0.1, -0.05) is 15.9 Å². The standard InChI is InChI=1S/C9H9BrO3/c1-6(11)13-9-5-7(10)3-4-8(9)12-2/h3-5H,1-2H3. The first-order valence-electron chi connectivity index (χ1n) is 3.65. The molecule has 13 heavy (non-hydrogen) atoms. The van der Waals surface area contributed by atoms with Crippen LogP contribution < -0.4 is 9.47 Å². The van der Waals surface area contributed by atoms with Gasteiger partial charge in [-0.2, -0.15) is 0 Å². The quantitative estimate of drug-likeness (QED) is 0.592. The number of carbonyl (C=O) groups is 1. The van der Waals surface area contributed by atoms with Crippen molar-refractivity contribution < 1.29 is 14.3 Å². The van der Waals surface area contributed by atoms with Crippen molar-refractivity contribution in [1.29, 1.82) is 0 Å². The Kier molecular flexibility index (Phi) is 3.31. The Morgan fingerprint density at radius 3 is 2.62 bits per heavy atom. The number of halogens is 1. The van der Waals surface area contributed by atoms with Gasteiger partial charge in [0.2, 0.25) is 0 Å². The van der Waals surface area contributed by atoms with Crippen LogP contribution in [-0.2, 0) is 4.79 Å². The van der Waals surface area contributed by atoms with Crippen LogP contribution in [0, 0.1) is 0 Å². The van der Waals surface area contributed by atoms with E-state index in [4.69, 9.17) is 9.47 Å². The third-order valence-corrected chi connectivity index (χ3v) is 1.87. The summed E-state index contributed by atoms with van der Waals surface area (Å²) in [4.78, 5) is 10.7. The van der Waals surface area contributed by atoms with E-state index in [0.717, 1.165) is 4.47 Å². The zero-order valence-electron chi connectivity index (χ0n) is 7.33. The van der Waals surface area contributed by atoms with Crippen molar-refractivity contribution in [2.45, 2.75) is 6.92 Å². The molecule has 0 spiro atoms. The van der Waals surface area contributed by atoms with Crippen LogP contribution in [0.5, 0.6) is 11.5 Å². The van der Waals surface area contributed by atoms with Crippen LogP contribution in [0.1, 0.15) is 6.92 Å². The fraction of sp³-hybridized carbons (Fsp3) is 0.222. The average molecular weight is 245 g/mol. The third-order valence-electron chi connectivity index (χ3n) is 1.38. The number of benzene rings is 1. The Morgan fingerprint density at radius 2 is 2.08 bits per heavy atom. The molecule has 0 saturated heterocycles. The van der Waals surface area contributed by atoms with Crippen LogP contribution in [0.4, 0.5) is 0 Å². The normalized spacial score (nSPS) is 9.46. The second kappa shape index (κ2) is 4.28. The largest absolute Gasteiger partial charge is 0.493 e. The first kappa shape index (κ1) is 10.1. The van der Waals surface area contributed by atoms with Crippen LogP contribution in [0.15, 0.2) is 22.7 Å². The summed E-state index contributed by atoms with van der Waals surface area (Å²) in [6, 6.07) is 5.22. The maximum absolute atomic E-state index is 10.7. The Balaban J connectivity index is 3.01. The smallest absolute Gasteiger partial charge is 0.308 e. The van der Waals surface area contributed by atoms with Gasteiger partial charge in [0.1, 0.15) is 0 Å². The van der Waals surface area contributed by atoms with Crippen molar-refractivity contribution >= 4 is 21.9 Å². The number of esters is 1. The summed E-state index contributed by atoms with van der Waals surface area (Å²) < 4.78 is 10.8. The highest BCUT2D eigenvalue weighted by atomic mass is 79.9. The number of carbonyl (C=O) groups excluding carboxylic acids is 1. The second-order valence-corrected chi connectivity index (χ2v) is 3.30. The van der Waals surface area contributed by atoms with Crippen molar-refractivity contribution in [3.05, 3.63) is 22.7 Å². The maximum Gasteiger partial charge on any atom is 0.308 e. The lowest BCUT2D eigenvalue weighted by molar-refractivity contribution is -0.132. The minimum atomic E-state index is -0.364. The van der Waals surface area contributed by atoms with Crippen LogP contribution in [0.3, 0.4) is 0 Å². The summed E-state index contributed by atoms with van der Waals surface area (Å²) in [5.74, 6) is 0.596. The minimum Gasteiger partial charge on any atom is -0.493 e. The topological polar surface area (TPSA) is 35.5 Å². The molecule has 0 aliphatic carbocycles. The van der Waals surface area contributed by atoms with Crippen molar-refractivity contribution in [3.63, 3.8) is 0 Å². The van der Waals surface area contributed by atoms with E-state index in [2.05, 4.69) is 15.9 Å². The fourth-order valence-corrected chi connectivity index (χ4v) is 1.23. The molecule has 0 amide bonds. The van der Waals surface area contributed by atoms with E-state index in [1.807, 2.05) is 6.07 Å². The average Bonchev–Trinajstić information content (AvgIpc) is 2.03. The van der Waals surface area contributed by atoms with Gasteiger partial charge in [-0.3, -0.25) is 4.79 Å². The predicted molar refractivity (Wildman–Crippen MR) is 52.0 cm³/mol. The van der Waals surface area contributed by atoms with Gasteiger partial charge >= 0.3 is 5.97 Å². The summed E-state index contributed by atoms with van der Waals surface area (Å²) in [5.41, 5.74) is 0. The number of hydrogen-bond acceptors (Lipinski definition) is 3. The molecule has 0 aromatic heterocycles. The van der Waals surface area contributed by atoms with Crippen LogP contribution in [-0.4, -0.2) is 13.1 Å². The van der Waals surface area contributed by atoms with Gasteiger partial charge in [0.25, 0.3) is 0 Å². The zero-order chi connectivity index (χ0) is 9.84. The number of hydrogen-bond donors (Lipinski definition) is 0. The van der Waals surface area contributed by atoms with E-state index < -0.39 is 0 Å². The summed E-state index contributed by atoms with van der Waals surface area (Å²) in [6.07, 6.45) is 0. The first-order chi connectivity index (χ1) is 6.13. The van der Waals surface area contributed by atoms with Crippen LogP contribution in [0.2, 0.25) is 0 Å². The molecule has 0 radical (unpaired) electrons. The third kappa shape index (κ3) is 2.73. The van der Waals surface area contributed by atoms with Gasteiger partial charge in [0.05, 0.1) is 7.11 Å². The Morgan fingerprint density at radius 1 is 1.38 bits per heavy atom. The first-order valence-corrected chi connectivity index (χ1v) is 4.44. The van der Waals surface area contributed by atoms with Crippen molar-refractivity contribution in [2.24, 2.45) is 0 Å². The lowest BCUT2D eigenvalue weighted by Crippen LogP contribution is -2.02.